The minimum absolute atomic E-state index is 0.228. The van der Waals surface area contributed by atoms with Crippen molar-refractivity contribution in [1.82, 2.24) is 0 Å². The molecule has 0 aliphatic heterocycles. The molecule has 4 nitrogen and oxygen atoms in total. The number of rotatable bonds is 4. The number of fused-ring (bicyclic) bond motifs is 1. The number of hydrogen-bond donors (Lipinski definition) is 0. The third kappa shape index (κ3) is 3.16. The van der Waals surface area contributed by atoms with Crippen LogP contribution in [0.2, 0.25) is 0 Å². The van der Waals surface area contributed by atoms with Gasteiger partial charge in [-0.1, -0.05) is 32.0 Å². The van der Waals surface area contributed by atoms with Gasteiger partial charge in [-0.25, -0.2) is 4.79 Å². The molecule has 2 aromatic carbocycles. The third-order valence-corrected chi connectivity index (χ3v) is 3.90. The van der Waals surface area contributed by atoms with E-state index in [2.05, 4.69) is 6.07 Å². The Kier molecular flexibility index (Phi) is 4.35. The Bertz CT molecular complexity index is 980. The van der Waals surface area contributed by atoms with E-state index in [1.807, 2.05) is 44.2 Å². The zero-order chi connectivity index (χ0) is 17.1. The van der Waals surface area contributed by atoms with Crippen LogP contribution in [0.4, 0.5) is 0 Å². The van der Waals surface area contributed by atoms with E-state index in [0.29, 0.717) is 16.9 Å². The maximum atomic E-state index is 11.7. The largest absolute Gasteiger partial charge is 0.489 e. The van der Waals surface area contributed by atoms with E-state index in [1.165, 1.54) is 6.07 Å². The van der Waals surface area contributed by atoms with Gasteiger partial charge < -0.3 is 9.15 Å². The van der Waals surface area contributed by atoms with Crippen LogP contribution >= 0.6 is 0 Å². The van der Waals surface area contributed by atoms with Gasteiger partial charge in [-0.05, 0) is 29.7 Å². The van der Waals surface area contributed by atoms with E-state index in [-0.39, 0.29) is 18.2 Å². The summed E-state index contributed by atoms with van der Waals surface area (Å²) in [4.78, 5) is 11.7. The first-order chi connectivity index (χ1) is 11.6. The molecular weight excluding hydrogens is 302 g/mol. The molecule has 4 heteroatoms. The van der Waals surface area contributed by atoms with E-state index >= 15 is 0 Å². The van der Waals surface area contributed by atoms with Crippen LogP contribution in [0.15, 0.2) is 57.7 Å². The fourth-order valence-electron chi connectivity index (χ4n) is 2.65. The Morgan fingerprint density at radius 1 is 1.17 bits per heavy atom. The van der Waals surface area contributed by atoms with Crippen LogP contribution in [0.3, 0.4) is 0 Å². The van der Waals surface area contributed by atoms with Crippen molar-refractivity contribution in [3.8, 4) is 11.8 Å². The maximum absolute atomic E-state index is 11.7. The summed E-state index contributed by atoms with van der Waals surface area (Å²) in [5, 5.41) is 10.0. The second-order valence-corrected chi connectivity index (χ2v) is 5.89. The summed E-state index contributed by atoms with van der Waals surface area (Å²) >= 11 is 0. The minimum atomic E-state index is -0.363. The molecule has 3 rings (SSSR count). The molecule has 0 unspecified atom stereocenters. The summed E-state index contributed by atoms with van der Waals surface area (Å²) < 4.78 is 11.1. The van der Waals surface area contributed by atoms with Gasteiger partial charge in [0, 0.05) is 23.1 Å². The predicted octanol–water partition coefficient (Wildman–Crippen LogP) is 4.37. The van der Waals surface area contributed by atoms with Gasteiger partial charge in [-0.15, -0.1) is 0 Å². The predicted molar refractivity (Wildman–Crippen MR) is 92.1 cm³/mol. The van der Waals surface area contributed by atoms with Crippen LogP contribution in [-0.4, -0.2) is 0 Å². The molecule has 0 bridgehead atoms. The van der Waals surface area contributed by atoms with Gasteiger partial charge in [-0.3, -0.25) is 0 Å². The smallest absolute Gasteiger partial charge is 0.336 e. The summed E-state index contributed by atoms with van der Waals surface area (Å²) in [5.41, 5.74) is 2.52. The zero-order valence-corrected chi connectivity index (χ0v) is 13.6. The van der Waals surface area contributed by atoms with Crippen molar-refractivity contribution < 1.29 is 9.15 Å². The quantitative estimate of drug-likeness (QED) is 0.670. The summed E-state index contributed by atoms with van der Waals surface area (Å²) in [6, 6.07) is 16.5. The molecule has 1 aromatic heterocycles. The molecule has 1 heterocycles. The normalized spacial score (nSPS) is 10.8. The van der Waals surface area contributed by atoms with Crippen LogP contribution in [0, 0.1) is 11.3 Å². The second-order valence-electron chi connectivity index (χ2n) is 5.89. The van der Waals surface area contributed by atoms with Crippen LogP contribution in [0.5, 0.6) is 5.75 Å². The topological polar surface area (TPSA) is 63.2 Å². The van der Waals surface area contributed by atoms with Gasteiger partial charge in [0.2, 0.25) is 0 Å². The highest BCUT2D eigenvalue weighted by Crippen LogP contribution is 2.27. The van der Waals surface area contributed by atoms with Crippen molar-refractivity contribution >= 4 is 11.0 Å². The van der Waals surface area contributed by atoms with Crippen LogP contribution < -0.4 is 10.4 Å². The number of nitriles is 1. The first-order valence-electron chi connectivity index (χ1n) is 7.77. The first kappa shape index (κ1) is 15.8. The molecule has 0 saturated heterocycles. The van der Waals surface area contributed by atoms with E-state index in [4.69, 9.17) is 14.4 Å². The van der Waals surface area contributed by atoms with Gasteiger partial charge in [0.15, 0.2) is 0 Å². The molecule has 3 aromatic rings. The van der Waals surface area contributed by atoms with Gasteiger partial charge in [0.05, 0.1) is 11.6 Å². The maximum Gasteiger partial charge on any atom is 0.336 e. The lowest BCUT2D eigenvalue weighted by molar-refractivity contribution is 0.306. The fourth-order valence-corrected chi connectivity index (χ4v) is 2.65. The van der Waals surface area contributed by atoms with Crippen LogP contribution in [0.25, 0.3) is 11.0 Å². The standard InChI is InChI=1S/C20H17NO3/c1-13(2)18-10-20(22)24-19-9-16(7-8-17(18)19)23-12-15-6-4-3-5-14(15)11-21/h3-10,13H,12H2,1-2H3. The molecule has 0 amide bonds. The van der Waals surface area contributed by atoms with Crippen molar-refractivity contribution in [2.45, 2.75) is 26.4 Å². The van der Waals surface area contributed by atoms with E-state index < -0.39 is 0 Å². The zero-order valence-electron chi connectivity index (χ0n) is 13.6. The Hall–Kier alpha value is -3.06. The average Bonchev–Trinajstić information content (AvgIpc) is 2.59. The molecule has 0 saturated carbocycles. The van der Waals surface area contributed by atoms with Gasteiger partial charge in [0.1, 0.15) is 17.9 Å². The monoisotopic (exact) mass is 319 g/mol. The molecule has 0 spiro atoms. The van der Waals surface area contributed by atoms with E-state index in [1.54, 1.807) is 12.1 Å². The second kappa shape index (κ2) is 6.59. The number of hydrogen-bond acceptors (Lipinski definition) is 4. The van der Waals surface area contributed by atoms with Crippen molar-refractivity contribution in [3.05, 3.63) is 75.6 Å². The highest BCUT2D eigenvalue weighted by Gasteiger charge is 2.10. The lowest BCUT2D eigenvalue weighted by Crippen LogP contribution is -2.02. The number of benzene rings is 2. The van der Waals surface area contributed by atoms with Crippen molar-refractivity contribution in [2.24, 2.45) is 0 Å². The van der Waals surface area contributed by atoms with Crippen molar-refractivity contribution in [3.63, 3.8) is 0 Å². The number of ether oxygens (including phenoxy) is 1. The first-order valence-corrected chi connectivity index (χ1v) is 7.77. The summed E-state index contributed by atoms with van der Waals surface area (Å²) in [6.07, 6.45) is 0. The molecule has 0 fully saturated rings. The molecule has 0 radical (unpaired) electrons. The highest BCUT2D eigenvalue weighted by atomic mass is 16.5. The SMILES string of the molecule is CC(C)c1cc(=O)oc2cc(OCc3ccccc3C#N)ccc12. The van der Waals surface area contributed by atoms with Gasteiger partial charge in [-0.2, -0.15) is 5.26 Å². The Morgan fingerprint density at radius 2 is 1.96 bits per heavy atom. The van der Waals surface area contributed by atoms with Crippen LogP contribution in [0.1, 0.15) is 36.5 Å². The molecule has 0 aliphatic carbocycles. The molecular formula is C20H17NO3. The fraction of sp³-hybridized carbons (Fsp3) is 0.200. The molecule has 24 heavy (non-hydrogen) atoms. The molecule has 0 N–H and O–H groups in total. The lowest BCUT2D eigenvalue weighted by atomic mass is 10.00. The third-order valence-electron chi connectivity index (χ3n) is 3.90. The molecule has 0 atom stereocenters. The average molecular weight is 319 g/mol. The Balaban J connectivity index is 1.92. The van der Waals surface area contributed by atoms with E-state index in [9.17, 15) is 4.79 Å². The summed E-state index contributed by atoms with van der Waals surface area (Å²) in [5.74, 6) is 0.824. The van der Waals surface area contributed by atoms with Crippen molar-refractivity contribution in [1.29, 1.82) is 5.26 Å². The summed E-state index contributed by atoms with van der Waals surface area (Å²) in [6.45, 7) is 4.36. The minimum Gasteiger partial charge on any atom is -0.489 e. The lowest BCUT2D eigenvalue weighted by Gasteiger charge is -2.11. The highest BCUT2D eigenvalue weighted by molar-refractivity contribution is 5.82. The van der Waals surface area contributed by atoms with Gasteiger partial charge >= 0.3 is 5.63 Å². The number of nitrogens with zero attached hydrogens (tertiary/aromatic N) is 1. The Labute approximate surface area is 139 Å². The molecule has 0 aliphatic rings. The summed E-state index contributed by atoms with van der Waals surface area (Å²) in [7, 11) is 0. The van der Waals surface area contributed by atoms with Crippen LogP contribution in [-0.2, 0) is 6.61 Å². The molecule has 120 valence electrons. The van der Waals surface area contributed by atoms with Gasteiger partial charge in [0.25, 0.3) is 0 Å². The Morgan fingerprint density at radius 3 is 2.71 bits per heavy atom. The van der Waals surface area contributed by atoms with Crippen molar-refractivity contribution in [2.75, 3.05) is 0 Å². The van der Waals surface area contributed by atoms with E-state index in [0.717, 1.165) is 16.5 Å².